The van der Waals surface area contributed by atoms with Crippen LogP contribution < -0.4 is 4.74 Å². The average molecular weight is 284 g/mol. The highest BCUT2D eigenvalue weighted by atomic mass is 32.2. The van der Waals surface area contributed by atoms with Crippen LogP contribution in [0.3, 0.4) is 0 Å². The molecule has 0 spiro atoms. The first-order valence-electron chi connectivity index (χ1n) is 5.89. The summed E-state index contributed by atoms with van der Waals surface area (Å²) in [4.78, 5) is 11.1. The summed E-state index contributed by atoms with van der Waals surface area (Å²) in [6.07, 6.45) is 2.44. The third-order valence-corrected chi connectivity index (χ3v) is 4.65. The fourth-order valence-corrected chi connectivity index (χ4v) is 3.66. The number of methoxy groups -OCH3 is 1. The highest BCUT2D eigenvalue weighted by Gasteiger charge is 2.48. The molecule has 1 aromatic carbocycles. The lowest BCUT2D eigenvalue weighted by molar-refractivity contribution is -0.137. The summed E-state index contributed by atoms with van der Waals surface area (Å²) < 4.78 is 29.0. The summed E-state index contributed by atoms with van der Waals surface area (Å²) in [6.45, 7) is 0. The Morgan fingerprint density at radius 3 is 2.47 bits per heavy atom. The highest BCUT2D eigenvalue weighted by Crippen LogP contribution is 2.54. The van der Waals surface area contributed by atoms with E-state index in [1.807, 2.05) is 0 Å². The molecule has 0 heterocycles. The van der Waals surface area contributed by atoms with Crippen molar-refractivity contribution in [3.05, 3.63) is 23.8 Å². The molecule has 0 radical (unpaired) electrons. The standard InChI is InChI=1S/C13H16O5S/c1-18-10-5-3-4-9(12(10)19(2,16)17)13(6-7-13)8-11(14)15/h3-5H,6-8H2,1-2H3,(H,14,15). The van der Waals surface area contributed by atoms with Crippen LogP contribution >= 0.6 is 0 Å². The lowest BCUT2D eigenvalue weighted by Crippen LogP contribution is -2.17. The van der Waals surface area contributed by atoms with E-state index < -0.39 is 21.2 Å². The number of hydrogen-bond acceptors (Lipinski definition) is 4. The third kappa shape index (κ3) is 2.58. The Morgan fingerprint density at radius 1 is 1.42 bits per heavy atom. The molecule has 1 fully saturated rings. The number of rotatable bonds is 5. The maximum atomic E-state index is 12.0. The molecule has 0 unspecified atom stereocenters. The van der Waals surface area contributed by atoms with Crippen molar-refractivity contribution in [2.24, 2.45) is 0 Å². The second-order valence-corrected chi connectivity index (χ2v) is 6.91. The minimum absolute atomic E-state index is 0.0529. The van der Waals surface area contributed by atoms with Gasteiger partial charge in [-0.3, -0.25) is 4.79 Å². The predicted molar refractivity (Wildman–Crippen MR) is 69.3 cm³/mol. The zero-order valence-corrected chi connectivity index (χ0v) is 11.7. The Kier molecular flexibility index (Phi) is 3.30. The summed E-state index contributed by atoms with van der Waals surface area (Å²) >= 11 is 0. The zero-order valence-electron chi connectivity index (χ0n) is 10.8. The number of carboxylic acid groups (broad SMARTS) is 1. The highest BCUT2D eigenvalue weighted by molar-refractivity contribution is 7.90. The van der Waals surface area contributed by atoms with E-state index in [9.17, 15) is 13.2 Å². The van der Waals surface area contributed by atoms with Gasteiger partial charge in [-0.15, -0.1) is 0 Å². The first kappa shape index (κ1) is 13.9. The molecule has 2 rings (SSSR count). The molecular formula is C13H16O5S. The van der Waals surface area contributed by atoms with Gasteiger partial charge in [-0.05, 0) is 24.5 Å². The van der Waals surface area contributed by atoms with Crippen molar-refractivity contribution in [2.75, 3.05) is 13.4 Å². The van der Waals surface area contributed by atoms with Gasteiger partial charge in [0, 0.05) is 11.7 Å². The number of benzene rings is 1. The molecule has 5 nitrogen and oxygen atoms in total. The lowest BCUT2D eigenvalue weighted by atomic mass is 9.92. The molecule has 0 aliphatic heterocycles. The number of sulfone groups is 1. The fourth-order valence-electron chi connectivity index (χ4n) is 2.46. The molecule has 6 heteroatoms. The van der Waals surface area contributed by atoms with Crippen LogP contribution in [0.1, 0.15) is 24.8 Å². The molecule has 104 valence electrons. The van der Waals surface area contributed by atoms with E-state index in [0.29, 0.717) is 18.4 Å². The van der Waals surface area contributed by atoms with Crippen molar-refractivity contribution in [3.63, 3.8) is 0 Å². The Morgan fingerprint density at radius 2 is 2.05 bits per heavy atom. The van der Waals surface area contributed by atoms with Gasteiger partial charge in [0.05, 0.1) is 13.5 Å². The lowest BCUT2D eigenvalue weighted by Gasteiger charge is -2.19. The van der Waals surface area contributed by atoms with E-state index in [4.69, 9.17) is 9.84 Å². The molecular weight excluding hydrogens is 268 g/mol. The Bertz CT molecular complexity index is 614. The van der Waals surface area contributed by atoms with Crippen LogP contribution in [0.2, 0.25) is 0 Å². The van der Waals surface area contributed by atoms with Gasteiger partial charge in [0.1, 0.15) is 10.6 Å². The summed E-state index contributed by atoms with van der Waals surface area (Å²) in [7, 11) is -2.07. The van der Waals surface area contributed by atoms with Crippen LogP contribution in [0.15, 0.2) is 23.1 Å². The quantitative estimate of drug-likeness (QED) is 0.888. The van der Waals surface area contributed by atoms with Gasteiger partial charge in [-0.25, -0.2) is 8.42 Å². The molecule has 1 aromatic rings. The molecule has 0 saturated heterocycles. The number of carbonyl (C=O) groups is 1. The van der Waals surface area contributed by atoms with Gasteiger partial charge < -0.3 is 9.84 Å². The summed E-state index contributed by atoms with van der Waals surface area (Å²) in [5, 5.41) is 8.99. The van der Waals surface area contributed by atoms with Crippen molar-refractivity contribution < 1.29 is 23.1 Å². The molecule has 0 bridgehead atoms. The minimum atomic E-state index is -3.47. The smallest absolute Gasteiger partial charge is 0.304 e. The van der Waals surface area contributed by atoms with Gasteiger partial charge in [-0.2, -0.15) is 0 Å². The predicted octanol–water partition coefficient (Wildman–Crippen LogP) is 1.60. The molecule has 0 atom stereocenters. The number of aliphatic carboxylic acids is 1. The second kappa shape index (κ2) is 4.52. The second-order valence-electron chi connectivity index (χ2n) is 4.96. The largest absolute Gasteiger partial charge is 0.495 e. The fraction of sp³-hybridized carbons (Fsp3) is 0.462. The van der Waals surface area contributed by atoms with E-state index in [1.54, 1.807) is 18.2 Å². The molecule has 0 amide bonds. The number of ether oxygens (including phenoxy) is 1. The first-order valence-corrected chi connectivity index (χ1v) is 7.79. The summed E-state index contributed by atoms with van der Waals surface area (Å²) in [5.74, 6) is -0.642. The maximum absolute atomic E-state index is 12.0. The van der Waals surface area contributed by atoms with Crippen molar-refractivity contribution in [1.82, 2.24) is 0 Å². The van der Waals surface area contributed by atoms with E-state index >= 15 is 0 Å². The molecule has 1 saturated carbocycles. The monoisotopic (exact) mass is 284 g/mol. The Labute approximate surface area is 112 Å². The Hall–Kier alpha value is -1.56. The minimum Gasteiger partial charge on any atom is -0.495 e. The third-order valence-electron chi connectivity index (χ3n) is 3.48. The number of hydrogen-bond donors (Lipinski definition) is 1. The average Bonchev–Trinajstić information content (AvgIpc) is 3.06. The maximum Gasteiger partial charge on any atom is 0.304 e. The Balaban J connectivity index is 2.62. The van der Waals surface area contributed by atoms with Gasteiger partial charge in [0.2, 0.25) is 0 Å². The van der Waals surface area contributed by atoms with Crippen LogP contribution in [-0.2, 0) is 20.0 Å². The van der Waals surface area contributed by atoms with Crippen molar-refractivity contribution in [3.8, 4) is 5.75 Å². The summed E-state index contributed by atoms with van der Waals surface area (Å²) in [5.41, 5.74) is 0.00968. The zero-order chi connectivity index (χ0) is 14.3. The molecule has 1 aliphatic rings. The van der Waals surface area contributed by atoms with E-state index in [-0.39, 0.29) is 17.1 Å². The normalized spacial score (nSPS) is 16.9. The van der Waals surface area contributed by atoms with Crippen LogP contribution in [0.5, 0.6) is 5.75 Å². The molecule has 19 heavy (non-hydrogen) atoms. The van der Waals surface area contributed by atoms with E-state index in [2.05, 4.69) is 0 Å². The van der Waals surface area contributed by atoms with Crippen molar-refractivity contribution in [2.45, 2.75) is 29.6 Å². The van der Waals surface area contributed by atoms with Crippen molar-refractivity contribution >= 4 is 15.8 Å². The van der Waals surface area contributed by atoms with Crippen LogP contribution in [-0.4, -0.2) is 32.9 Å². The molecule has 1 N–H and O–H groups in total. The van der Waals surface area contributed by atoms with E-state index in [0.717, 1.165) is 6.26 Å². The van der Waals surface area contributed by atoms with E-state index in [1.165, 1.54) is 7.11 Å². The SMILES string of the molecule is COc1cccc(C2(CC(=O)O)CC2)c1S(C)(=O)=O. The topological polar surface area (TPSA) is 80.7 Å². The van der Waals surface area contributed by atoms with Gasteiger partial charge in [-0.1, -0.05) is 12.1 Å². The number of carboxylic acids is 1. The van der Waals surface area contributed by atoms with Crippen LogP contribution in [0.4, 0.5) is 0 Å². The van der Waals surface area contributed by atoms with Gasteiger partial charge >= 0.3 is 5.97 Å². The first-order chi connectivity index (χ1) is 8.80. The molecule has 1 aliphatic carbocycles. The van der Waals surface area contributed by atoms with Crippen LogP contribution in [0.25, 0.3) is 0 Å². The van der Waals surface area contributed by atoms with Crippen LogP contribution in [0, 0.1) is 0 Å². The van der Waals surface area contributed by atoms with Crippen molar-refractivity contribution in [1.29, 1.82) is 0 Å². The summed E-state index contributed by atoms with van der Waals surface area (Å²) in [6, 6.07) is 4.97. The van der Waals surface area contributed by atoms with Gasteiger partial charge in [0.15, 0.2) is 9.84 Å². The van der Waals surface area contributed by atoms with Gasteiger partial charge in [0.25, 0.3) is 0 Å². The molecule has 0 aromatic heterocycles.